The Balaban J connectivity index is 3.20. The molecule has 4 nitrogen and oxygen atoms in total. The fourth-order valence-corrected chi connectivity index (χ4v) is 2.65. The molecule has 0 aromatic carbocycles. The van der Waals surface area contributed by atoms with Gasteiger partial charge in [0.05, 0.1) is 26.1 Å². The maximum absolute atomic E-state index is 12.1. The SMILES string of the molecule is C/C=C1/C=C[C@H](CCC)[C@H](C(=O)OC)[C@@H]1C(=O)OC. The topological polar surface area (TPSA) is 52.6 Å². The molecule has 3 atom stereocenters. The third-order valence-corrected chi connectivity index (χ3v) is 3.60. The second-order valence-corrected chi connectivity index (χ2v) is 4.65. The normalized spacial score (nSPS) is 28.2. The molecule has 0 aromatic rings. The van der Waals surface area contributed by atoms with Gasteiger partial charge in [-0.05, 0) is 24.8 Å². The van der Waals surface area contributed by atoms with E-state index in [0.29, 0.717) is 0 Å². The highest BCUT2D eigenvalue weighted by Crippen LogP contribution is 2.37. The zero-order valence-electron chi connectivity index (χ0n) is 12.0. The van der Waals surface area contributed by atoms with Crippen molar-refractivity contribution in [1.29, 1.82) is 0 Å². The molecular formula is C15H22O4. The molecule has 0 aromatic heterocycles. The summed E-state index contributed by atoms with van der Waals surface area (Å²) in [5.74, 6) is -1.77. The van der Waals surface area contributed by atoms with Gasteiger partial charge >= 0.3 is 11.9 Å². The molecule has 0 aliphatic heterocycles. The van der Waals surface area contributed by atoms with Crippen molar-refractivity contribution < 1.29 is 19.1 Å². The maximum atomic E-state index is 12.1. The van der Waals surface area contributed by atoms with Crippen LogP contribution in [0.15, 0.2) is 23.8 Å². The Morgan fingerprint density at radius 2 is 1.89 bits per heavy atom. The van der Waals surface area contributed by atoms with E-state index in [1.165, 1.54) is 14.2 Å². The van der Waals surface area contributed by atoms with E-state index in [1.807, 2.05) is 25.2 Å². The monoisotopic (exact) mass is 266 g/mol. The predicted octanol–water partition coefficient (Wildman–Crippen LogP) is 2.50. The lowest BCUT2D eigenvalue weighted by molar-refractivity contribution is -0.157. The van der Waals surface area contributed by atoms with Gasteiger partial charge in [-0.15, -0.1) is 0 Å². The highest BCUT2D eigenvalue weighted by molar-refractivity contribution is 5.86. The third kappa shape index (κ3) is 3.25. The molecule has 0 heterocycles. The first-order chi connectivity index (χ1) is 9.10. The van der Waals surface area contributed by atoms with Gasteiger partial charge in [-0.25, -0.2) is 0 Å². The van der Waals surface area contributed by atoms with Crippen molar-refractivity contribution >= 4 is 11.9 Å². The van der Waals surface area contributed by atoms with Crippen LogP contribution in [0, 0.1) is 17.8 Å². The van der Waals surface area contributed by atoms with Crippen LogP contribution in [0.2, 0.25) is 0 Å². The van der Waals surface area contributed by atoms with Crippen molar-refractivity contribution in [3.8, 4) is 0 Å². The number of carbonyl (C=O) groups is 2. The molecule has 0 fully saturated rings. The number of allylic oxidation sites excluding steroid dienone is 3. The van der Waals surface area contributed by atoms with Gasteiger partial charge in [0.1, 0.15) is 0 Å². The Morgan fingerprint density at radius 3 is 2.37 bits per heavy atom. The van der Waals surface area contributed by atoms with Gasteiger partial charge in [0.15, 0.2) is 0 Å². The molecule has 1 aliphatic carbocycles. The molecule has 0 saturated heterocycles. The molecule has 19 heavy (non-hydrogen) atoms. The summed E-state index contributed by atoms with van der Waals surface area (Å²) in [4.78, 5) is 24.1. The average molecular weight is 266 g/mol. The van der Waals surface area contributed by atoms with E-state index in [-0.39, 0.29) is 17.9 Å². The van der Waals surface area contributed by atoms with Crippen molar-refractivity contribution in [2.24, 2.45) is 17.8 Å². The second kappa shape index (κ2) is 7.12. The average Bonchev–Trinajstić information content (AvgIpc) is 2.45. The molecule has 0 radical (unpaired) electrons. The molecule has 0 amide bonds. The fraction of sp³-hybridized carbons (Fsp3) is 0.600. The molecule has 4 heteroatoms. The molecular weight excluding hydrogens is 244 g/mol. The minimum absolute atomic E-state index is 0.0187. The predicted molar refractivity (Wildman–Crippen MR) is 72.3 cm³/mol. The highest BCUT2D eigenvalue weighted by atomic mass is 16.5. The molecule has 1 aliphatic rings. The number of ether oxygens (including phenoxy) is 2. The van der Waals surface area contributed by atoms with E-state index in [2.05, 4.69) is 6.92 Å². The minimum atomic E-state index is -0.566. The lowest BCUT2D eigenvalue weighted by Gasteiger charge is -2.32. The molecule has 0 N–H and O–H groups in total. The number of esters is 2. The van der Waals surface area contributed by atoms with Crippen molar-refractivity contribution in [2.75, 3.05) is 14.2 Å². The van der Waals surface area contributed by atoms with Gasteiger partial charge in [-0.3, -0.25) is 9.59 Å². The lowest BCUT2D eigenvalue weighted by atomic mass is 9.71. The zero-order valence-corrected chi connectivity index (χ0v) is 12.0. The van der Waals surface area contributed by atoms with Gasteiger partial charge in [0, 0.05) is 0 Å². The van der Waals surface area contributed by atoms with Crippen molar-refractivity contribution in [2.45, 2.75) is 26.7 Å². The third-order valence-electron chi connectivity index (χ3n) is 3.60. The first kappa shape index (κ1) is 15.5. The molecule has 106 valence electrons. The van der Waals surface area contributed by atoms with E-state index in [0.717, 1.165) is 18.4 Å². The van der Waals surface area contributed by atoms with E-state index >= 15 is 0 Å². The van der Waals surface area contributed by atoms with Crippen LogP contribution >= 0.6 is 0 Å². The number of rotatable bonds is 4. The van der Waals surface area contributed by atoms with Crippen LogP contribution < -0.4 is 0 Å². The van der Waals surface area contributed by atoms with E-state index in [9.17, 15) is 9.59 Å². The summed E-state index contributed by atoms with van der Waals surface area (Å²) in [5.41, 5.74) is 0.814. The maximum Gasteiger partial charge on any atom is 0.314 e. The molecule has 1 rings (SSSR count). The minimum Gasteiger partial charge on any atom is -0.469 e. The molecule has 0 unspecified atom stereocenters. The van der Waals surface area contributed by atoms with E-state index < -0.39 is 11.8 Å². The second-order valence-electron chi connectivity index (χ2n) is 4.65. The van der Waals surface area contributed by atoms with Crippen LogP contribution in [0.25, 0.3) is 0 Å². The zero-order chi connectivity index (χ0) is 14.4. The van der Waals surface area contributed by atoms with Crippen LogP contribution in [-0.4, -0.2) is 26.2 Å². The first-order valence-corrected chi connectivity index (χ1v) is 6.60. The van der Waals surface area contributed by atoms with E-state index in [4.69, 9.17) is 9.47 Å². The highest BCUT2D eigenvalue weighted by Gasteiger charge is 2.43. The Hall–Kier alpha value is -1.58. The number of hydrogen-bond acceptors (Lipinski definition) is 4. The number of carbonyl (C=O) groups excluding carboxylic acids is 2. The summed E-state index contributed by atoms with van der Waals surface area (Å²) < 4.78 is 9.73. The van der Waals surface area contributed by atoms with E-state index in [1.54, 1.807) is 0 Å². The number of methoxy groups -OCH3 is 2. The van der Waals surface area contributed by atoms with Gasteiger partial charge in [0.2, 0.25) is 0 Å². The standard InChI is InChI=1S/C15H22O4/c1-5-7-11-9-8-10(6-2)12(14(16)18-3)13(11)15(17)19-4/h6,8-9,11-13H,5,7H2,1-4H3/b10-6-/t11-,12+,13-/m0/s1. The Kier molecular flexibility index (Phi) is 5.80. The van der Waals surface area contributed by atoms with Crippen LogP contribution in [0.5, 0.6) is 0 Å². The fourth-order valence-electron chi connectivity index (χ4n) is 2.65. The summed E-state index contributed by atoms with van der Waals surface area (Å²) in [6.45, 7) is 3.91. The molecule has 0 spiro atoms. The molecule has 0 bridgehead atoms. The van der Waals surface area contributed by atoms with Crippen molar-refractivity contribution in [1.82, 2.24) is 0 Å². The summed E-state index contributed by atoms with van der Waals surface area (Å²) in [7, 11) is 2.70. The first-order valence-electron chi connectivity index (χ1n) is 6.60. The summed E-state index contributed by atoms with van der Waals surface area (Å²) in [6.07, 6.45) is 7.56. The van der Waals surface area contributed by atoms with Gasteiger partial charge in [-0.1, -0.05) is 31.6 Å². The van der Waals surface area contributed by atoms with Crippen LogP contribution in [-0.2, 0) is 19.1 Å². The Labute approximate surface area is 114 Å². The van der Waals surface area contributed by atoms with Crippen LogP contribution in [0.4, 0.5) is 0 Å². The van der Waals surface area contributed by atoms with Gasteiger partial charge in [-0.2, -0.15) is 0 Å². The van der Waals surface area contributed by atoms with Gasteiger partial charge < -0.3 is 9.47 Å². The van der Waals surface area contributed by atoms with Crippen LogP contribution in [0.1, 0.15) is 26.7 Å². The lowest BCUT2D eigenvalue weighted by Crippen LogP contribution is -2.39. The summed E-state index contributed by atoms with van der Waals surface area (Å²) in [5, 5.41) is 0. The van der Waals surface area contributed by atoms with Crippen LogP contribution in [0.3, 0.4) is 0 Å². The Morgan fingerprint density at radius 1 is 1.26 bits per heavy atom. The smallest absolute Gasteiger partial charge is 0.314 e. The van der Waals surface area contributed by atoms with Crippen molar-refractivity contribution in [3.05, 3.63) is 23.8 Å². The van der Waals surface area contributed by atoms with Gasteiger partial charge in [0.25, 0.3) is 0 Å². The summed E-state index contributed by atoms with van der Waals surface area (Å²) in [6, 6.07) is 0. The van der Waals surface area contributed by atoms with Crippen molar-refractivity contribution in [3.63, 3.8) is 0 Å². The Bertz CT molecular complexity index is 395. The summed E-state index contributed by atoms with van der Waals surface area (Å²) >= 11 is 0. The largest absolute Gasteiger partial charge is 0.469 e. The molecule has 0 saturated carbocycles. The quantitative estimate of drug-likeness (QED) is 0.734. The number of hydrogen-bond donors (Lipinski definition) is 0.